The second kappa shape index (κ2) is 2.80. The van der Waals surface area contributed by atoms with Gasteiger partial charge in [0.1, 0.15) is 0 Å². The molecule has 0 nitrogen and oxygen atoms in total. The highest BCUT2D eigenvalue weighted by Gasteiger charge is 2.42. The van der Waals surface area contributed by atoms with Crippen LogP contribution in [0.5, 0.6) is 0 Å². The molecular formula is C12H19ClS. The van der Waals surface area contributed by atoms with E-state index in [1.165, 1.54) is 0 Å². The van der Waals surface area contributed by atoms with Gasteiger partial charge in [0, 0.05) is 4.36 Å². The summed E-state index contributed by atoms with van der Waals surface area (Å²) in [5.41, 5.74) is 0. The van der Waals surface area contributed by atoms with Crippen molar-refractivity contribution < 1.29 is 0 Å². The van der Waals surface area contributed by atoms with Gasteiger partial charge in [-0.2, -0.15) is 0 Å². The Morgan fingerprint density at radius 2 is 1.36 bits per heavy atom. The van der Waals surface area contributed by atoms with Crippen molar-refractivity contribution in [2.75, 3.05) is 25.0 Å². The number of rotatable bonds is 0. The molecule has 0 fully saturated rings. The van der Waals surface area contributed by atoms with Crippen LogP contribution < -0.4 is 0 Å². The zero-order valence-electron chi connectivity index (χ0n) is 9.33. The Bertz CT molecular complexity index is 360. The number of halogens is 1. The maximum absolute atomic E-state index is 6.42. The van der Waals surface area contributed by atoms with Gasteiger partial charge in [0.25, 0.3) is 0 Å². The molecule has 1 aliphatic rings. The third-order valence-electron chi connectivity index (χ3n) is 2.26. The largest absolute Gasteiger partial charge is 0.239 e. The highest BCUT2D eigenvalue weighted by Crippen LogP contribution is 2.86. The van der Waals surface area contributed by atoms with E-state index in [1.807, 2.05) is 30.4 Å². The normalized spacial score (nSPS) is 42.8. The molecule has 1 heterocycles. The molecule has 0 aromatic rings. The summed E-state index contributed by atoms with van der Waals surface area (Å²) < 4.78 is 0.946. The van der Waals surface area contributed by atoms with Crippen LogP contribution in [0, 0.1) is 0 Å². The van der Waals surface area contributed by atoms with Gasteiger partial charge in [-0.15, -0.1) is 0 Å². The van der Waals surface area contributed by atoms with Gasteiger partial charge in [-0.3, -0.25) is 0 Å². The lowest BCUT2D eigenvalue weighted by Crippen LogP contribution is -2.28. The molecule has 0 aromatic carbocycles. The fourth-order valence-electron chi connectivity index (χ4n) is 1.10. The first-order valence-corrected chi connectivity index (χ1v) is 9.07. The fraction of sp³-hybridized carbons (Fsp3) is 0.333. The van der Waals surface area contributed by atoms with Crippen molar-refractivity contribution in [3.63, 3.8) is 0 Å². The van der Waals surface area contributed by atoms with Gasteiger partial charge in [0.05, 0.1) is 0 Å². The first kappa shape index (κ1) is 11.7. The van der Waals surface area contributed by atoms with Crippen molar-refractivity contribution in [2.45, 2.75) is 0 Å². The van der Waals surface area contributed by atoms with Gasteiger partial charge in [-0.05, 0) is 31.1 Å². The van der Waals surface area contributed by atoms with Crippen LogP contribution in [0.25, 0.3) is 0 Å². The first-order chi connectivity index (χ1) is 6.14. The summed E-state index contributed by atoms with van der Waals surface area (Å²) in [5, 5.41) is 2.25. The van der Waals surface area contributed by atoms with E-state index in [4.69, 9.17) is 11.6 Å². The van der Waals surface area contributed by atoms with E-state index in [0.29, 0.717) is 0 Å². The predicted octanol–water partition coefficient (Wildman–Crippen LogP) is 4.10. The van der Waals surface area contributed by atoms with Gasteiger partial charge in [-0.1, -0.05) is 47.4 Å². The topological polar surface area (TPSA) is 0 Å². The van der Waals surface area contributed by atoms with Gasteiger partial charge < -0.3 is 0 Å². The lowest BCUT2D eigenvalue weighted by molar-refractivity contribution is 1.78. The molecule has 0 aromatic heterocycles. The molecule has 0 aliphatic carbocycles. The molecule has 0 radical (unpaired) electrons. The van der Waals surface area contributed by atoms with E-state index in [9.17, 15) is 0 Å². The summed E-state index contributed by atoms with van der Waals surface area (Å²) in [6.45, 7) is 0. The fourth-order valence-corrected chi connectivity index (χ4v) is 2.96. The molecule has 1 rings (SSSR count). The summed E-state index contributed by atoms with van der Waals surface area (Å²) in [6, 6.07) is 0. The quantitative estimate of drug-likeness (QED) is 0.588. The van der Waals surface area contributed by atoms with Crippen molar-refractivity contribution in [3.8, 4) is 0 Å². The molecular weight excluding hydrogens is 212 g/mol. The molecule has 0 amide bonds. The maximum atomic E-state index is 6.42. The minimum Gasteiger partial charge on any atom is -0.239 e. The summed E-state index contributed by atoms with van der Waals surface area (Å²) in [7, 11) is -2.37. The summed E-state index contributed by atoms with van der Waals surface area (Å²) >= 11 is 6.42. The third kappa shape index (κ3) is 2.55. The second-order valence-electron chi connectivity index (χ2n) is 5.90. The van der Waals surface area contributed by atoms with Crippen molar-refractivity contribution in [1.82, 2.24) is 0 Å². The monoisotopic (exact) mass is 230 g/mol. The van der Waals surface area contributed by atoms with E-state index in [1.54, 1.807) is 0 Å². The minimum atomic E-state index is -2.37. The molecule has 80 valence electrons. The van der Waals surface area contributed by atoms with Gasteiger partial charge in [-0.25, -0.2) is 8.29 Å². The van der Waals surface area contributed by atoms with Crippen LogP contribution in [0.3, 0.4) is 0 Å². The van der Waals surface area contributed by atoms with Crippen LogP contribution in [0.2, 0.25) is 0 Å². The van der Waals surface area contributed by atoms with Crippen LogP contribution in [0.1, 0.15) is 0 Å². The van der Waals surface area contributed by atoms with E-state index < -0.39 is 8.29 Å². The van der Waals surface area contributed by atoms with Crippen molar-refractivity contribution >= 4 is 19.9 Å². The molecule has 14 heavy (non-hydrogen) atoms. The molecule has 0 atom stereocenters. The highest BCUT2D eigenvalue weighted by molar-refractivity contribution is 8.68. The van der Waals surface area contributed by atoms with Crippen molar-refractivity contribution in [3.05, 3.63) is 46.2 Å². The third-order valence-corrected chi connectivity index (χ3v) is 7.80. The summed E-state index contributed by atoms with van der Waals surface area (Å²) in [4.78, 5) is 0. The van der Waals surface area contributed by atoms with Gasteiger partial charge in [0.15, 0.2) is 0 Å². The zero-order chi connectivity index (χ0) is 10.9. The molecule has 1 aliphatic heterocycles. The molecule has 2 heteroatoms. The number of allylic oxidation sites excluding steroid dienone is 6. The standard InChI is InChI=1S/C12H19ClS/c1-14(2,3,4)11-9-7-5-6-8-10-12(14)13/h5-11H,1-4H3/b7-5-,8-6-,11-9-,12-10-. The Kier molecular flexibility index (Phi) is 2.34. The lowest BCUT2D eigenvalue weighted by Gasteiger charge is -2.66. The summed E-state index contributed by atoms with van der Waals surface area (Å²) in [5.74, 6) is 0. The Morgan fingerprint density at radius 3 is 2.00 bits per heavy atom. The Hall–Kier alpha value is -0.400. The van der Waals surface area contributed by atoms with Crippen LogP contribution in [0.4, 0.5) is 0 Å². The van der Waals surface area contributed by atoms with E-state index in [0.717, 1.165) is 4.36 Å². The van der Waals surface area contributed by atoms with Crippen molar-refractivity contribution in [2.24, 2.45) is 0 Å². The number of hydrogen-bond acceptors (Lipinski definition) is 0. The second-order valence-corrected chi connectivity index (χ2v) is 15.9. The maximum Gasteiger partial charge on any atom is 0.0465 e. The molecule has 0 saturated heterocycles. The SMILES string of the molecule is CS1(C)(C)(C)\C=C/C=C\C=C/C=C\1Cl. The van der Waals surface area contributed by atoms with Gasteiger partial charge >= 0.3 is 0 Å². The minimum absolute atomic E-state index is 0.946. The average molecular weight is 231 g/mol. The molecule has 0 N–H and O–H groups in total. The molecule has 0 spiro atoms. The van der Waals surface area contributed by atoms with Crippen LogP contribution >= 0.6 is 19.9 Å². The van der Waals surface area contributed by atoms with E-state index >= 15 is 0 Å². The van der Waals surface area contributed by atoms with Crippen LogP contribution in [0.15, 0.2) is 46.2 Å². The van der Waals surface area contributed by atoms with Crippen molar-refractivity contribution in [1.29, 1.82) is 0 Å². The average Bonchev–Trinajstić information content (AvgIpc) is 2.03. The van der Waals surface area contributed by atoms with Gasteiger partial charge in [0.2, 0.25) is 0 Å². The molecule has 0 unspecified atom stereocenters. The van der Waals surface area contributed by atoms with E-state index in [-0.39, 0.29) is 0 Å². The summed E-state index contributed by atoms with van der Waals surface area (Å²) in [6.07, 6.45) is 21.1. The van der Waals surface area contributed by atoms with Crippen LogP contribution in [-0.2, 0) is 0 Å². The smallest absolute Gasteiger partial charge is 0.0465 e. The highest BCUT2D eigenvalue weighted by atomic mass is 35.5. The lowest BCUT2D eigenvalue weighted by atomic mass is 10.4. The first-order valence-electron chi connectivity index (χ1n) is 4.55. The Morgan fingerprint density at radius 1 is 0.857 bits per heavy atom. The molecule has 0 bridgehead atoms. The Labute approximate surface area is 91.3 Å². The Balaban J connectivity index is 3.44. The predicted molar refractivity (Wildman–Crippen MR) is 72.6 cm³/mol. The zero-order valence-corrected chi connectivity index (χ0v) is 10.9. The van der Waals surface area contributed by atoms with E-state index in [2.05, 4.69) is 36.5 Å². The van der Waals surface area contributed by atoms with Crippen LogP contribution in [-0.4, -0.2) is 25.0 Å². The molecule has 0 saturated carbocycles. The number of hydrogen-bond donors (Lipinski definition) is 0.